The lowest BCUT2D eigenvalue weighted by Gasteiger charge is -2.48. The van der Waals surface area contributed by atoms with Crippen molar-refractivity contribution < 1.29 is 4.74 Å². The van der Waals surface area contributed by atoms with Gasteiger partial charge in [-0.05, 0) is 41.7 Å². The van der Waals surface area contributed by atoms with Crippen molar-refractivity contribution in [2.75, 3.05) is 0 Å². The van der Waals surface area contributed by atoms with Gasteiger partial charge in [-0.25, -0.2) is 4.90 Å². The zero-order valence-corrected chi connectivity index (χ0v) is 15.5. The van der Waals surface area contributed by atoms with Gasteiger partial charge in [-0.15, -0.1) is 0 Å². The molecular weight excluding hydrogens is 374 g/mol. The Morgan fingerprint density at radius 1 is 0.880 bits per heavy atom. The van der Waals surface area contributed by atoms with Gasteiger partial charge in [-0.1, -0.05) is 76.6 Å². The first kappa shape index (κ1) is 15.4. The molecule has 1 fully saturated rings. The number of benzene rings is 3. The molecule has 0 unspecified atom stereocenters. The third-order valence-electron chi connectivity index (χ3n) is 5.43. The van der Waals surface area contributed by atoms with Crippen LogP contribution in [-0.2, 0) is 0 Å². The highest BCUT2D eigenvalue weighted by atomic mass is 79.9. The van der Waals surface area contributed by atoms with Crippen LogP contribution in [0, 0.1) is 0 Å². The number of rotatable bonds is 1. The van der Waals surface area contributed by atoms with E-state index in [2.05, 4.69) is 87.6 Å². The molecule has 2 nitrogen and oxygen atoms in total. The summed E-state index contributed by atoms with van der Waals surface area (Å²) in [4.78, 5) is 2.86. The zero-order valence-electron chi connectivity index (χ0n) is 13.9. The van der Waals surface area contributed by atoms with Gasteiger partial charge in [0.15, 0.2) is 6.23 Å². The second-order valence-electron chi connectivity index (χ2n) is 6.90. The van der Waals surface area contributed by atoms with E-state index in [-0.39, 0.29) is 12.3 Å². The Balaban J connectivity index is 1.79. The summed E-state index contributed by atoms with van der Waals surface area (Å²) in [5.41, 5.74) is 2.63. The summed E-state index contributed by atoms with van der Waals surface area (Å²) in [7, 11) is 0. The molecule has 3 atom stereocenters. The molecule has 3 heteroatoms. The summed E-state index contributed by atoms with van der Waals surface area (Å²) in [5.74, 6) is 1.04. The van der Waals surface area contributed by atoms with Gasteiger partial charge in [-0.3, -0.25) is 0 Å². The van der Waals surface area contributed by atoms with Crippen LogP contribution >= 0.6 is 15.9 Å². The molecule has 2 aliphatic heterocycles. The van der Waals surface area contributed by atoms with E-state index in [0.29, 0.717) is 4.95 Å². The summed E-state index contributed by atoms with van der Waals surface area (Å²) < 4.78 is 6.46. The van der Waals surface area contributed by atoms with Crippen molar-refractivity contribution in [3.63, 3.8) is 0 Å². The first-order valence-electron chi connectivity index (χ1n) is 8.98. The molecule has 0 N–H and O–H groups in total. The van der Waals surface area contributed by atoms with Crippen LogP contribution in [0.2, 0.25) is 0 Å². The molecule has 3 aromatic carbocycles. The summed E-state index contributed by atoms with van der Waals surface area (Å²) in [6, 6.07) is 24.0. The summed E-state index contributed by atoms with van der Waals surface area (Å²) in [6.07, 6.45) is 3.57. The maximum atomic E-state index is 6.46. The average Bonchev–Trinajstić information content (AvgIpc) is 2.67. The SMILES string of the molecule is Br[C@@H]1CCC[C@H]2Oc3ccc4ccccc4c3[C@H](c3ccccc3)N12. The van der Waals surface area contributed by atoms with E-state index >= 15 is 0 Å². The van der Waals surface area contributed by atoms with Gasteiger partial charge >= 0.3 is 0 Å². The highest BCUT2D eigenvalue weighted by Crippen LogP contribution is 2.48. The van der Waals surface area contributed by atoms with E-state index in [4.69, 9.17) is 4.74 Å². The summed E-state index contributed by atoms with van der Waals surface area (Å²) in [6.45, 7) is 0. The molecule has 126 valence electrons. The van der Waals surface area contributed by atoms with Crippen molar-refractivity contribution in [3.05, 3.63) is 77.9 Å². The fourth-order valence-electron chi connectivity index (χ4n) is 4.32. The minimum atomic E-state index is 0.136. The summed E-state index contributed by atoms with van der Waals surface area (Å²) >= 11 is 3.93. The monoisotopic (exact) mass is 393 g/mol. The molecule has 2 aliphatic rings. The lowest BCUT2D eigenvalue weighted by atomic mass is 9.88. The Morgan fingerprint density at radius 3 is 2.56 bits per heavy atom. The Bertz CT molecular complexity index is 910. The van der Waals surface area contributed by atoms with Gasteiger partial charge in [0, 0.05) is 5.56 Å². The van der Waals surface area contributed by atoms with E-state index in [0.717, 1.165) is 18.6 Å². The van der Waals surface area contributed by atoms with Gasteiger partial charge in [0.25, 0.3) is 0 Å². The average molecular weight is 394 g/mol. The quantitative estimate of drug-likeness (QED) is 0.379. The van der Waals surface area contributed by atoms with E-state index in [9.17, 15) is 0 Å². The Morgan fingerprint density at radius 2 is 1.68 bits per heavy atom. The van der Waals surface area contributed by atoms with Crippen LogP contribution in [0.1, 0.15) is 36.4 Å². The van der Waals surface area contributed by atoms with E-state index in [1.54, 1.807) is 0 Å². The van der Waals surface area contributed by atoms with Gasteiger partial charge in [0.1, 0.15) is 5.75 Å². The molecular formula is C22H20BrNO. The van der Waals surface area contributed by atoms with Crippen molar-refractivity contribution in [1.82, 2.24) is 4.90 Å². The molecule has 0 spiro atoms. The third-order valence-corrected chi connectivity index (χ3v) is 6.36. The lowest BCUT2D eigenvalue weighted by Crippen LogP contribution is -2.51. The second-order valence-corrected chi connectivity index (χ2v) is 7.95. The van der Waals surface area contributed by atoms with Gasteiger partial charge < -0.3 is 4.74 Å². The smallest absolute Gasteiger partial charge is 0.154 e. The fourth-order valence-corrected chi connectivity index (χ4v) is 5.14. The van der Waals surface area contributed by atoms with Gasteiger partial charge in [-0.2, -0.15) is 0 Å². The molecule has 0 aromatic heterocycles. The molecule has 0 saturated carbocycles. The summed E-state index contributed by atoms with van der Waals surface area (Å²) in [5, 5.41) is 2.56. The predicted molar refractivity (Wildman–Crippen MR) is 105 cm³/mol. The van der Waals surface area contributed by atoms with Crippen LogP contribution < -0.4 is 4.74 Å². The van der Waals surface area contributed by atoms with E-state index in [1.165, 1.54) is 28.3 Å². The number of hydrogen-bond acceptors (Lipinski definition) is 2. The van der Waals surface area contributed by atoms with E-state index < -0.39 is 0 Å². The first-order valence-corrected chi connectivity index (χ1v) is 9.89. The van der Waals surface area contributed by atoms with Crippen LogP contribution in [0.25, 0.3) is 10.8 Å². The van der Waals surface area contributed by atoms with Gasteiger partial charge in [0.05, 0.1) is 11.0 Å². The molecule has 0 aliphatic carbocycles. The molecule has 1 saturated heterocycles. The highest BCUT2D eigenvalue weighted by molar-refractivity contribution is 9.09. The second kappa shape index (κ2) is 6.15. The van der Waals surface area contributed by atoms with Crippen molar-refractivity contribution in [2.24, 2.45) is 0 Å². The van der Waals surface area contributed by atoms with Crippen LogP contribution in [0.4, 0.5) is 0 Å². The maximum absolute atomic E-state index is 6.46. The first-order chi connectivity index (χ1) is 12.3. The van der Waals surface area contributed by atoms with Crippen molar-refractivity contribution in [2.45, 2.75) is 36.5 Å². The standard InChI is InChI=1S/C22H20BrNO/c23-19-11-6-12-20-24(19)22(16-8-2-1-3-9-16)21-17-10-5-4-7-15(17)13-14-18(21)25-20/h1-5,7-10,13-14,19-20,22H,6,11-12H2/t19-,20+,22-/m0/s1. The number of nitrogens with zero attached hydrogens (tertiary/aromatic N) is 1. The third kappa shape index (κ3) is 2.49. The molecule has 3 aromatic rings. The van der Waals surface area contributed by atoms with E-state index in [1.807, 2.05) is 0 Å². The molecule has 0 bridgehead atoms. The normalized spacial score (nSPS) is 25.9. The zero-order chi connectivity index (χ0) is 16.8. The minimum absolute atomic E-state index is 0.136. The lowest BCUT2D eigenvalue weighted by molar-refractivity contribution is -0.0493. The van der Waals surface area contributed by atoms with Crippen molar-refractivity contribution >= 4 is 26.7 Å². The minimum Gasteiger partial charge on any atom is -0.475 e. The largest absolute Gasteiger partial charge is 0.475 e. The van der Waals surface area contributed by atoms with Crippen molar-refractivity contribution in [3.8, 4) is 5.75 Å². The Labute approximate surface area is 156 Å². The number of fused-ring (bicyclic) bond motifs is 4. The number of piperidine rings is 1. The Kier molecular flexibility index (Phi) is 3.79. The molecule has 0 radical (unpaired) electrons. The van der Waals surface area contributed by atoms with Crippen molar-refractivity contribution in [1.29, 1.82) is 0 Å². The van der Waals surface area contributed by atoms with Crippen LogP contribution in [0.3, 0.4) is 0 Å². The highest BCUT2D eigenvalue weighted by Gasteiger charge is 2.42. The molecule has 2 heterocycles. The topological polar surface area (TPSA) is 12.5 Å². The maximum Gasteiger partial charge on any atom is 0.154 e. The number of halogens is 1. The fraction of sp³-hybridized carbons (Fsp3) is 0.273. The van der Waals surface area contributed by atoms with Crippen LogP contribution in [-0.4, -0.2) is 16.1 Å². The number of alkyl halides is 1. The number of ether oxygens (including phenoxy) is 1. The predicted octanol–water partition coefficient (Wildman–Crippen LogP) is 5.85. The molecule has 0 amide bonds. The molecule has 5 rings (SSSR count). The number of hydrogen-bond donors (Lipinski definition) is 0. The Hall–Kier alpha value is -1.84. The van der Waals surface area contributed by atoms with Crippen LogP contribution in [0.5, 0.6) is 5.75 Å². The van der Waals surface area contributed by atoms with Crippen LogP contribution in [0.15, 0.2) is 66.7 Å². The molecule has 25 heavy (non-hydrogen) atoms. The van der Waals surface area contributed by atoms with Gasteiger partial charge in [0.2, 0.25) is 0 Å².